The SMILES string of the molecule is CC(C)CCn1c(=O)n(Cc2ccccc2F)c(=O)c2[nH]cnc21. The lowest BCUT2D eigenvalue weighted by Gasteiger charge is -2.12. The molecule has 7 heteroatoms. The zero-order valence-corrected chi connectivity index (χ0v) is 13.6. The van der Waals surface area contributed by atoms with Crippen LogP contribution in [-0.4, -0.2) is 19.1 Å². The van der Waals surface area contributed by atoms with Gasteiger partial charge in [-0.3, -0.25) is 13.9 Å². The average Bonchev–Trinajstić information content (AvgIpc) is 3.02. The van der Waals surface area contributed by atoms with Crippen molar-refractivity contribution in [3.8, 4) is 0 Å². The molecule has 0 aliphatic carbocycles. The number of hydrogen-bond donors (Lipinski definition) is 1. The lowest BCUT2D eigenvalue weighted by Crippen LogP contribution is -2.40. The van der Waals surface area contributed by atoms with E-state index >= 15 is 0 Å². The first-order chi connectivity index (χ1) is 11.5. The van der Waals surface area contributed by atoms with Gasteiger partial charge in [-0.05, 0) is 18.4 Å². The first-order valence-corrected chi connectivity index (χ1v) is 7.89. The van der Waals surface area contributed by atoms with E-state index < -0.39 is 17.1 Å². The van der Waals surface area contributed by atoms with Crippen molar-refractivity contribution in [1.29, 1.82) is 0 Å². The van der Waals surface area contributed by atoms with Crippen LogP contribution in [0.2, 0.25) is 0 Å². The van der Waals surface area contributed by atoms with Crippen LogP contribution >= 0.6 is 0 Å². The Kier molecular flexibility index (Phi) is 4.33. The Bertz CT molecular complexity index is 984. The number of nitrogens with zero attached hydrogens (tertiary/aromatic N) is 3. The van der Waals surface area contributed by atoms with Crippen LogP contribution in [0.25, 0.3) is 11.2 Å². The van der Waals surface area contributed by atoms with Crippen molar-refractivity contribution in [3.63, 3.8) is 0 Å². The minimum atomic E-state index is -0.489. The summed E-state index contributed by atoms with van der Waals surface area (Å²) in [5.41, 5.74) is -0.0591. The van der Waals surface area contributed by atoms with Crippen molar-refractivity contribution in [2.24, 2.45) is 5.92 Å². The van der Waals surface area contributed by atoms with Crippen LogP contribution in [0.1, 0.15) is 25.8 Å². The molecule has 0 saturated carbocycles. The maximum absolute atomic E-state index is 13.9. The molecule has 3 aromatic rings. The zero-order valence-electron chi connectivity index (χ0n) is 13.6. The van der Waals surface area contributed by atoms with E-state index in [0.717, 1.165) is 11.0 Å². The number of benzene rings is 1. The molecule has 0 saturated heterocycles. The average molecular weight is 330 g/mol. The van der Waals surface area contributed by atoms with Gasteiger partial charge in [-0.1, -0.05) is 32.0 Å². The van der Waals surface area contributed by atoms with Crippen LogP contribution in [-0.2, 0) is 13.1 Å². The number of aromatic nitrogens is 4. The zero-order chi connectivity index (χ0) is 17.3. The molecule has 1 aromatic carbocycles. The second-order valence-corrected chi connectivity index (χ2v) is 6.20. The summed E-state index contributed by atoms with van der Waals surface area (Å²) >= 11 is 0. The molecule has 24 heavy (non-hydrogen) atoms. The van der Waals surface area contributed by atoms with Crippen LogP contribution in [0.4, 0.5) is 4.39 Å². The van der Waals surface area contributed by atoms with Crippen LogP contribution in [0, 0.1) is 11.7 Å². The highest BCUT2D eigenvalue weighted by Crippen LogP contribution is 2.09. The van der Waals surface area contributed by atoms with Gasteiger partial charge in [0.1, 0.15) is 11.3 Å². The summed E-state index contributed by atoms with van der Waals surface area (Å²) in [5.74, 6) is -0.0416. The van der Waals surface area contributed by atoms with Gasteiger partial charge in [0, 0.05) is 12.1 Å². The van der Waals surface area contributed by atoms with Gasteiger partial charge in [-0.25, -0.2) is 14.2 Å². The molecule has 2 heterocycles. The Morgan fingerprint density at radius 3 is 2.67 bits per heavy atom. The Morgan fingerprint density at radius 2 is 1.96 bits per heavy atom. The van der Waals surface area contributed by atoms with Gasteiger partial charge < -0.3 is 4.98 Å². The first kappa shape index (κ1) is 16.2. The molecular weight excluding hydrogens is 311 g/mol. The van der Waals surface area contributed by atoms with Crippen LogP contribution in [0.15, 0.2) is 40.2 Å². The number of aryl methyl sites for hydroxylation is 1. The minimum Gasteiger partial charge on any atom is -0.339 e. The van der Waals surface area contributed by atoms with Gasteiger partial charge in [0.2, 0.25) is 0 Å². The number of fused-ring (bicyclic) bond motifs is 1. The fourth-order valence-electron chi connectivity index (χ4n) is 2.63. The first-order valence-electron chi connectivity index (χ1n) is 7.89. The smallest absolute Gasteiger partial charge is 0.333 e. The Balaban J connectivity index is 2.15. The molecule has 2 aromatic heterocycles. The number of hydrogen-bond acceptors (Lipinski definition) is 3. The normalized spacial score (nSPS) is 11.5. The number of nitrogens with one attached hydrogen (secondary N) is 1. The molecular formula is C17H19FN4O2. The molecule has 0 bridgehead atoms. The van der Waals surface area contributed by atoms with Crippen LogP contribution in [0.3, 0.4) is 0 Å². The van der Waals surface area contributed by atoms with Crippen molar-refractivity contribution < 1.29 is 4.39 Å². The fourth-order valence-corrected chi connectivity index (χ4v) is 2.63. The number of H-pyrrole nitrogens is 1. The van der Waals surface area contributed by atoms with Crippen molar-refractivity contribution in [1.82, 2.24) is 19.1 Å². The minimum absolute atomic E-state index is 0.110. The predicted octanol–water partition coefficient (Wildman–Crippen LogP) is 2.12. The van der Waals surface area contributed by atoms with Crippen molar-refractivity contribution in [3.05, 3.63) is 62.8 Å². The quantitative estimate of drug-likeness (QED) is 0.779. The van der Waals surface area contributed by atoms with Gasteiger partial charge in [-0.15, -0.1) is 0 Å². The van der Waals surface area contributed by atoms with Gasteiger partial charge in [0.15, 0.2) is 5.65 Å². The maximum Gasteiger partial charge on any atom is 0.333 e. The molecule has 0 amide bonds. The van der Waals surface area contributed by atoms with E-state index in [1.54, 1.807) is 18.2 Å². The molecule has 3 rings (SSSR count). The van der Waals surface area contributed by atoms with Crippen LogP contribution in [0.5, 0.6) is 0 Å². The van der Waals surface area contributed by atoms with Gasteiger partial charge in [0.25, 0.3) is 5.56 Å². The van der Waals surface area contributed by atoms with E-state index in [1.807, 2.05) is 0 Å². The number of aromatic amines is 1. The van der Waals surface area contributed by atoms with Crippen molar-refractivity contribution >= 4 is 11.2 Å². The lowest BCUT2D eigenvalue weighted by molar-refractivity contribution is 0.493. The molecule has 1 N–H and O–H groups in total. The van der Waals surface area contributed by atoms with E-state index in [4.69, 9.17) is 0 Å². The molecule has 0 atom stereocenters. The lowest BCUT2D eigenvalue weighted by atomic mass is 10.1. The monoisotopic (exact) mass is 330 g/mol. The summed E-state index contributed by atoms with van der Waals surface area (Å²) in [5, 5.41) is 0. The highest BCUT2D eigenvalue weighted by atomic mass is 19.1. The maximum atomic E-state index is 13.9. The molecule has 0 aliphatic rings. The molecule has 0 radical (unpaired) electrons. The molecule has 0 fully saturated rings. The Hall–Kier alpha value is -2.70. The highest BCUT2D eigenvalue weighted by molar-refractivity contribution is 5.68. The second-order valence-electron chi connectivity index (χ2n) is 6.20. The van der Waals surface area contributed by atoms with Gasteiger partial charge >= 0.3 is 5.69 Å². The van der Waals surface area contributed by atoms with Crippen LogP contribution < -0.4 is 11.2 Å². The molecule has 0 spiro atoms. The van der Waals surface area contributed by atoms with E-state index in [1.165, 1.54) is 17.0 Å². The summed E-state index contributed by atoms with van der Waals surface area (Å²) in [4.78, 5) is 32.2. The summed E-state index contributed by atoms with van der Waals surface area (Å²) in [6, 6.07) is 6.12. The van der Waals surface area contributed by atoms with E-state index in [-0.39, 0.29) is 12.1 Å². The molecule has 126 valence electrons. The fraction of sp³-hybridized carbons (Fsp3) is 0.353. The Labute approximate surface area is 137 Å². The number of halogens is 1. The highest BCUT2D eigenvalue weighted by Gasteiger charge is 2.16. The van der Waals surface area contributed by atoms with E-state index in [0.29, 0.717) is 23.7 Å². The van der Waals surface area contributed by atoms with Crippen molar-refractivity contribution in [2.75, 3.05) is 0 Å². The topological polar surface area (TPSA) is 72.7 Å². The predicted molar refractivity (Wildman–Crippen MR) is 89.6 cm³/mol. The van der Waals surface area contributed by atoms with E-state index in [9.17, 15) is 14.0 Å². The van der Waals surface area contributed by atoms with Gasteiger partial charge in [0.05, 0.1) is 12.9 Å². The Morgan fingerprint density at radius 1 is 1.21 bits per heavy atom. The largest absolute Gasteiger partial charge is 0.339 e. The third kappa shape index (κ3) is 2.89. The molecule has 0 unspecified atom stereocenters. The molecule has 0 aliphatic heterocycles. The summed E-state index contributed by atoms with van der Waals surface area (Å²) in [6.07, 6.45) is 2.17. The molecule has 6 nitrogen and oxygen atoms in total. The summed E-state index contributed by atoms with van der Waals surface area (Å²) in [7, 11) is 0. The third-order valence-corrected chi connectivity index (χ3v) is 4.01. The number of imidazole rings is 1. The summed E-state index contributed by atoms with van der Waals surface area (Å²) < 4.78 is 16.4. The van der Waals surface area contributed by atoms with Gasteiger partial charge in [-0.2, -0.15) is 0 Å². The van der Waals surface area contributed by atoms with E-state index in [2.05, 4.69) is 23.8 Å². The standard InChI is InChI=1S/C17H19FN4O2/c1-11(2)7-8-21-15-14(19-10-20-15)16(23)22(17(21)24)9-12-5-3-4-6-13(12)18/h3-6,10-11H,7-9H2,1-2H3,(H,19,20). The second kappa shape index (κ2) is 6.43. The third-order valence-electron chi connectivity index (χ3n) is 4.01. The number of rotatable bonds is 5. The summed E-state index contributed by atoms with van der Waals surface area (Å²) in [6.45, 7) is 4.46. The van der Waals surface area contributed by atoms with Crippen molar-refractivity contribution in [2.45, 2.75) is 33.4 Å².